The highest BCUT2D eigenvalue weighted by Gasteiger charge is 2.34. The lowest BCUT2D eigenvalue weighted by Gasteiger charge is -2.29. The van der Waals surface area contributed by atoms with E-state index in [4.69, 9.17) is 9.84 Å². The highest BCUT2D eigenvalue weighted by atomic mass is 19.4. The van der Waals surface area contributed by atoms with Crippen LogP contribution < -0.4 is 21.1 Å². The second-order valence-electron chi connectivity index (χ2n) is 12.9. The van der Waals surface area contributed by atoms with Crippen molar-refractivity contribution >= 4 is 45.3 Å². The standard InChI is InChI=1S/C35H34F3N7O5/c1-43-31-20(5-3-7-26(31)45(34(43)49)27-13-14-30(46)41-33(27)48)15-19-9-11-22(12-10-19)44-18-21-16-25(28(50-2)17-24(21)42-44)40-32(47)23-6-4-8-29(39-23)35(36,37)38/h3-8,16-19,22,27H,9-15H2,1-2H3,(H,40,47)(H,41,46,48). The van der Waals surface area contributed by atoms with E-state index in [-0.39, 0.29) is 41.9 Å². The fourth-order valence-corrected chi connectivity index (χ4v) is 7.27. The van der Waals surface area contributed by atoms with Crippen molar-refractivity contribution in [2.24, 2.45) is 13.0 Å². The molecule has 2 aromatic carbocycles. The molecule has 15 heteroatoms. The van der Waals surface area contributed by atoms with E-state index in [9.17, 15) is 32.3 Å². The Hall–Kier alpha value is -5.47. The van der Waals surface area contributed by atoms with Gasteiger partial charge in [0.2, 0.25) is 11.8 Å². The summed E-state index contributed by atoms with van der Waals surface area (Å²) in [5.74, 6) is -0.924. The molecule has 1 unspecified atom stereocenters. The second kappa shape index (κ2) is 12.8. The van der Waals surface area contributed by atoms with Gasteiger partial charge in [-0.05, 0) is 74.3 Å². The van der Waals surface area contributed by atoms with E-state index >= 15 is 0 Å². The number of imide groups is 1. The summed E-state index contributed by atoms with van der Waals surface area (Å²) in [7, 11) is 3.14. The Kier molecular flexibility index (Phi) is 8.44. The Morgan fingerprint density at radius 2 is 1.80 bits per heavy atom. The lowest BCUT2D eigenvalue weighted by molar-refractivity contribution is -0.141. The van der Waals surface area contributed by atoms with Crippen molar-refractivity contribution < 1.29 is 32.3 Å². The minimum atomic E-state index is -4.68. The van der Waals surface area contributed by atoms with Gasteiger partial charge in [-0.2, -0.15) is 18.3 Å². The molecular formula is C35H34F3N7O5. The SMILES string of the molecule is COc1cc2nn(C3CCC(Cc4cccc5c4n(C)c(=O)n5C4CCC(=O)NC4=O)CC3)cc2cc1NC(=O)c1cccc(C(F)(F)F)n1. The Morgan fingerprint density at radius 3 is 2.52 bits per heavy atom. The number of nitrogens with zero attached hydrogens (tertiary/aromatic N) is 5. The molecule has 260 valence electrons. The average molecular weight is 690 g/mol. The minimum absolute atomic E-state index is 0.130. The average Bonchev–Trinajstić information content (AvgIpc) is 3.62. The zero-order valence-corrected chi connectivity index (χ0v) is 27.3. The van der Waals surface area contributed by atoms with Crippen molar-refractivity contribution in [2.75, 3.05) is 12.4 Å². The fraction of sp³-hybridized carbons (Fsp3) is 0.371. The van der Waals surface area contributed by atoms with E-state index in [0.717, 1.165) is 60.7 Å². The monoisotopic (exact) mass is 689 g/mol. The number of carbonyl (C=O) groups is 3. The fourth-order valence-electron chi connectivity index (χ4n) is 7.27. The topological polar surface area (TPSA) is 142 Å². The number of pyridine rings is 1. The molecule has 2 N–H and O–H groups in total. The van der Waals surface area contributed by atoms with Gasteiger partial charge in [0.1, 0.15) is 23.2 Å². The van der Waals surface area contributed by atoms with Gasteiger partial charge in [0.15, 0.2) is 0 Å². The first-order valence-corrected chi connectivity index (χ1v) is 16.4. The maximum atomic E-state index is 13.3. The van der Waals surface area contributed by atoms with Crippen molar-refractivity contribution in [3.8, 4) is 5.75 Å². The molecule has 1 atom stereocenters. The highest BCUT2D eigenvalue weighted by Crippen LogP contribution is 2.37. The van der Waals surface area contributed by atoms with E-state index in [2.05, 4.69) is 15.6 Å². The number of aromatic nitrogens is 5. The van der Waals surface area contributed by atoms with Crippen LogP contribution in [0.3, 0.4) is 0 Å². The molecule has 0 bridgehead atoms. The number of piperidine rings is 1. The predicted molar refractivity (Wildman–Crippen MR) is 177 cm³/mol. The van der Waals surface area contributed by atoms with E-state index in [0.29, 0.717) is 22.7 Å². The highest BCUT2D eigenvalue weighted by molar-refractivity contribution is 6.05. The number of alkyl halides is 3. The van der Waals surface area contributed by atoms with Crippen LogP contribution in [0.15, 0.2) is 59.5 Å². The quantitative estimate of drug-likeness (QED) is 0.221. The molecule has 1 saturated heterocycles. The third-order valence-electron chi connectivity index (χ3n) is 9.77. The molecule has 0 radical (unpaired) electrons. The number of fused-ring (bicyclic) bond motifs is 2. The van der Waals surface area contributed by atoms with Crippen LogP contribution in [0.4, 0.5) is 18.9 Å². The summed E-state index contributed by atoms with van der Waals surface area (Å²) in [4.78, 5) is 54.0. The summed E-state index contributed by atoms with van der Waals surface area (Å²) < 4.78 is 49.9. The smallest absolute Gasteiger partial charge is 0.433 e. The minimum Gasteiger partial charge on any atom is -0.494 e. The number of para-hydroxylation sites is 1. The van der Waals surface area contributed by atoms with E-state index < -0.39 is 29.7 Å². The van der Waals surface area contributed by atoms with Gasteiger partial charge in [0, 0.05) is 31.1 Å². The van der Waals surface area contributed by atoms with Gasteiger partial charge in [-0.1, -0.05) is 18.2 Å². The summed E-state index contributed by atoms with van der Waals surface area (Å²) in [6.45, 7) is 0. The maximum Gasteiger partial charge on any atom is 0.433 e. The van der Waals surface area contributed by atoms with Gasteiger partial charge < -0.3 is 10.1 Å². The van der Waals surface area contributed by atoms with Crippen LogP contribution in [0.1, 0.15) is 72.4 Å². The van der Waals surface area contributed by atoms with Gasteiger partial charge in [-0.25, -0.2) is 9.78 Å². The largest absolute Gasteiger partial charge is 0.494 e. The third-order valence-corrected chi connectivity index (χ3v) is 9.77. The van der Waals surface area contributed by atoms with Crippen LogP contribution in [0.5, 0.6) is 5.75 Å². The molecule has 3 amide bonds. The van der Waals surface area contributed by atoms with Gasteiger partial charge >= 0.3 is 11.9 Å². The number of halogens is 3. The summed E-state index contributed by atoms with van der Waals surface area (Å²) in [5, 5.41) is 10.5. The molecule has 1 saturated carbocycles. The lowest BCUT2D eigenvalue weighted by atomic mass is 9.82. The van der Waals surface area contributed by atoms with Crippen LogP contribution in [-0.2, 0) is 29.2 Å². The van der Waals surface area contributed by atoms with Crippen molar-refractivity contribution in [1.82, 2.24) is 29.2 Å². The van der Waals surface area contributed by atoms with Gasteiger partial charge in [-0.3, -0.25) is 33.5 Å². The first kappa shape index (κ1) is 33.0. The molecular weight excluding hydrogens is 655 g/mol. The maximum absolute atomic E-state index is 13.3. The van der Waals surface area contributed by atoms with Gasteiger partial charge in [-0.15, -0.1) is 0 Å². The number of imidazole rings is 1. The summed E-state index contributed by atoms with van der Waals surface area (Å²) in [6.07, 6.45) is 2.02. The number of rotatable bonds is 7. The Balaban J connectivity index is 1.05. The van der Waals surface area contributed by atoms with Crippen LogP contribution in [-0.4, -0.2) is 48.7 Å². The molecule has 5 aromatic rings. The molecule has 50 heavy (non-hydrogen) atoms. The number of nitrogens with one attached hydrogen (secondary N) is 2. The zero-order valence-electron chi connectivity index (χ0n) is 27.3. The molecule has 3 aromatic heterocycles. The number of benzene rings is 2. The predicted octanol–water partition coefficient (Wildman–Crippen LogP) is 5.32. The van der Waals surface area contributed by atoms with E-state index in [1.807, 2.05) is 29.1 Å². The number of aryl methyl sites for hydroxylation is 1. The molecule has 7 rings (SSSR count). The summed E-state index contributed by atoms with van der Waals surface area (Å²) in [5.41, 5.74) is 1.61. The van der Waals surface area contributed by atoms with Crippen molar-refractivity contribution in [1.29, 1.82) is 0 Å². The number of amides is 3. The number of carbonyl (C=O) groups excluding carboxylic acids is 3. The lowest BCUT2D eigenvalue weighted by Crippen LogP contribution is -2.44. The number of hydrogen-bond donors (Lipinski definition) is 2. The molecule has 0 spiro atoms. The molecule has 1 aliphatic carbocycles. The van der Waals surface area contributed by atoms with Crippen LogP contribution in [0.25, 0.3) is 21.9 Å². The van der Waals surface area contributed by atoms with Crippen LogP contribution in [0, 0.1) is 5.92 Å². The number of hydrogen-bond acceptors (Lipinski definition) is 7. The Labute approximate surface area is 283 Å². The van der Waals surface area contributed by atoms with Crippen molar-refractivity contribution in [2.45, 2.75) is 63.2 Å². The molecule has 4 heterocycles. The summed E-state index contributed by atoms with van der Waals surface area (Å²) in [6, 6.07) is 11.7. The second-order valence-corrected chi connectivity index (χ2v) is 12.9. The first-order chi connectivity index (χ1) is 23.9. The van der Waals surface area contributed by atoms with E-state index in [1.54, 1.807) is 23.7 Å². The molecule has 1 aliphatic heterocycles. The Morgan fingerprint density at radius 1 is 1.04 bits per heavy atom. The van der Waals surface area contributed by atoms with Gasteiger partial charge in [0.05, 0.1) is 35.4 Å². The number of anilines is 1. The van der Waals surface area contributed by atoms with E-state index in [1.165, 1.54) is 17.7 Å². The molecule has 2 aliphatic rings. The number of ether oxygens (including phenoxy) is 1. The molecule has 12 nitrogen and oxygen atoms in total. The van der Waals surface area contributed by atoms with Crippen molar-refractivity contribution in [3.63, 3.8) is 0 Å². The number of methoxy groups -OCH3 is 1. The third kappa shape index (κ3) is 6.11. The Bertz CT molecular complexity index is 2210. The van der Waals surface area contributed by atoms with Crippen LogP contribution in [0.2, 0.25) is 0 Å². The van der Waals surface area contributed by atoms with Gasteiger partial charge in [0.25, 0.3) is 5.91 Å². The normalized spacial score (nSPS) is 19.9. The first-order valence-electron chi connectivity index (χ1n) is 16.4. The summed E-state index contributed by atoms with van der Waals surface area (Å²) >= 11 is 0. The molecule has 2 fully saturated rings. The van der Waals surface area contributed by atoms with Crippen LogP contribution >= 0.6 is 0 Å². The zero-order chi connectivity index (χ0) is 35.3. The van der Waals surface area contributed by atoms with Crippen molar-refractivity contribution in [3.05, 3.63) is 82.2 Å².